The van der Waals surface area contributed by atoms with Crippen LogP contribution in [0.2, 0.25) is 0 Å². The largest absolute Gasteiger partial charge is 0.506 e. The van der Waals surface area contributed by atoms with Crippen molar-refractivity contribution in [1.82, 2.24) is 0 Å². The number of hydrogen-bond donors (Lipinski definition) is 4. The molecule has 0 amide bonds. The van der Waals surface area contributed by atoms with E-state index in [1.807, 2.05) is 0 Å². The van der Waals surface area contributed by atoms with Gasteiger partial charge < -0.3 is 21.7 Å². The highest BCUT2D eigenvalue weighted by Crippen LogP contribution is 2.57. The van der Waals surface area contributed by atoms with Crippen molar-refractivity contribution in [3.8, 4) is 11.5 Å². The molecule has 0 aromatic heterocycles. The molecule has 4 nitrogen and oxygen atoms in total. The lowest BCUT2D eigenvalue weighted by atomic mass is 9.90. The monoisotopic (exact) mass is 544 g/mol. The molecule has 0 aliphatic heterocycles. The van der Waals surface area contributed by atoms with Crippen molar-refractivity contribution in [3.63, 3.8) is 0 Å². The predicted octanol–water partition coefficient (Wildman–Crippen LogP) is 6.47. The molecule has 36 heavy (non-hydrogen) atoms. The van der Waals surface area contributed by atoms with Crippen molar-refractivity contribution in [2.75, 3.05) is 11.5 Å². The first kappa shape index (κ1) is 29.0. The predicted molar refractivity (Wildman–Crippen MR) is 102 cm³/mol. The van der Waals surface area contributed by atoms with Crippen molar-refractivity contribution < 1.29 is 62.9 Å². The Kier molecular flexibility index (Phi) is 7.04. The Morgan fingerprint density at radius 3 is 1.06 bits per heavy atom. The van der Waals surface area contributed by atoms with Crippen LogP contribution >= 0.6 is 0 Å². The molecular formula is C20H16F12N2O2. The van der Waals surface area contributed by atoms with Crippen LogP contribution in [0.1, 0.15) is 24.0 Å². The van der Waals surface area contributed by atoms with Gasteiger partial charge in [0.15, 0.2) is 0 Å². The molecule has 202 valence electrons. The highest BCUT2D eigenvalue weighted by Gasteiger charge is 2.75. The lowest BCUT2D eigenvalue weighted by molar-refractivity contribution is -0.336. The van der Waals surface area contributed by atoms with Crippen LogP contribution in [0, 0.1) is 0 Å². The Hall–Kier alpha value is -3.20. The Morgan fingerprint density at radius 1 is 0.528 bits per heavy atom. The Morgan fingerprint density at radius 2 is 0.806 bits per heavy atom. The van der Waals surface area contributed by atoms with E-state index in [1.165, 1.54) is 0 Å². The molecule has 2 rings (SSSR count). The number of phenols is 2. The first-order chi connectivity index (χ1) is 16.0. The summed E-state index contributed by atoms with van der Waals surface area (Å²) in [5.74, 6) is -38.7. The minimum atomic E-state index is -6.50. The zero-order chi connectivity index (χ0) is 28.1. The summed E-state index contributed by atoms with van der Waals surface area (Å²) in [7, 11) is 0. The molecule has 0 saturated heterocycles. The van der Waals surface area contributed by atoms with Gasteiger partial charge in [-0.15, -0.1) is 0 Å². The summed E-state index contributed by atoms with van der Waals surface area (Å²) in [6, 6.07) is 0.821. The van der Waals surface area contributed by atoms with Crippen molar-refractivity contribution in [3.05, 3.63) is 47.5 Å². The minimum Gasteiger partial charge on any atom is -0.506 e. The molecule has 0 radical (unpaired) electrons. The molecule has 0 aliphatic carbocycles. The third-order valence-corrected chi connectivity index (χ3v) is 5.24. The number of aromatic hydroxyl groups is 2. The van der Waals surface area contributed by atoms with E-state index in [1.54, 1.807) is 0 Å². The van der Waals surface area contributed by atoms with Crippen LogP contribution in [0.25, 0.3) is 0 Å². The summed E-state index contributed by atoms with van der Waals surface area (Å²) < 4.78 is 170. The number of hydrogen-bond acceptors (Lipinski definition) is 4. The van der Waals surface area contributed by atoms with Gasteiger partial charge in [-0.25, -0.2) is 0 Å². The summed E-state index contributed by atoms with van der Waals surface area (Å²) in [6.07, 6.45) is -6.14. The maximum absolute atomic E-state index is 14.2. The number of alkyl halides is 12. The zero-order valence-electron chi connectivity index (χ0n) is 17.5. The van der Waals surface area contributed by atoms with Crippen LogP contribution in [-0.4, -0.2) is 33.9 Å². The fourth-order valence-corrected chi connectivity index (χ4v) is 2.95. The summed E-state index contributed by atoms with van der Waals surface area (Å²) in [5.41, 5.74) is 4.47. The zero-order valence-corrected chi connectivity index (χ0v) is 17.5. The third kappa shape index (κ3) is 4.52. The number of anilines is 2. The number of nitrogen functional groups attached to an aromatic ring is 2. The summed E-state index contributed by atoms with van der Waals surface area (Å²) in [4.78, 5) is 0. The van der Waals surface area contributed by atoms with E-state index < -0.39 is 82.4 Å². The molecule has 0 fully saturated rings. The lowest BCUT2D eigenvalue weighted by Gasteiger charge is -2.36. The second kappa shape index (κ2) is 8.73. The van der Waals surface area contributed by atoms with Gasteiger partial charge in [0.25, 0.3) is 0 Å². The van der Waals surface area contributed by atoms with E-state index in [-0.39, 0.29) is 24.3 Å². The number of phenolic OH excluding ortho intramolecular Hbond substituents is 2. The van der Waals surface area contributed by atoms with Crippen LogP contribution in [0.5, 0.6) is 11.5 Å². The number of rotatable bonds is 9. The van der Waals surface area contributed by atoms with Gasteiger partial charge in [-0.3, -0.25) is 0 Å². The van der Waals surface area contributed by atoms with Crippen molar-refractivity contribution in [1.29, 1.82) is 0 Å². The summed E-state index contributed by atoms with van der Waals surface area (Å²) >= 11 is 0. The lowest BCUT2D eigenvalue weighted by Crippen LogP contribution is -2.55. The van der Waals surface area contributed by atoms with E-state index in [2.05, 4.69) is 0 Å². The highest BCUT2D eigenvalue weighted by molar-refractivity contribution is 5.55. The fourth-order valence-electron chi connectivity index (χ4n) is 2.95. The van der Waals surface area contributed by atoms with Gasteiger partial charge >= 0.3 is 35.5 Å². The Balaban J connectivity index is 2.35. The Labute approximate surface area is 194 Å². The molecular weight excluding hydrogens is 528 g/mol. The van der Waals surface area contributed by atoms with Crippen LogP contribution in [0.4, 0.5) is 64.1 Å². The van der Waals surface area contributed by atoms with E-state index >= 15 is 0 Å². The average molecular weight is 544 g/mol. The molecule has 0 atom stereocenters. The molecule has 0 saturated carbocycles. The maximum Gasteiger partial charge on any atom is 0.376 e. The maximum atomic E-state index is 14.2. The molecule has 2 aromatic rings. The Bertz CT molecular complexity index is 1030. The average Bonchev–Trinajstić information content (AvgIpc) is 2.75. The normalized spacial score (nSPS) is 14.2. The van der Waals surface area contributed by atoms with E-state index in [0.717, 1.165) is 0 Å². The van der Waals surface area contributed by atoms with Gasteiger partial charge in [-0.05, 0) is 36.4 Å². The van der Waals surface area contributed by atoms with Gasteiger partial charge in [0.1, 0.15) is 11.5 Å². The molecule has 6 N–H and O–H groups in total. The minimum absolute atomic E-state index is 0.00795. The summed E-state index contributed by atoms with van der Waals surface area (Å²) in [6.45, 7) is 0. The first-order valence-corrected chi connectivity index (χ1v) is 9.48. The first-order valence-electron chi connectivity index (χ1n) is 9.48. The van der Waals surface area contributed by atoms with Crippen LogP contribution in [0.3, 0.4) is 0 Å². The van der Waals surface area contributed by atoms with Crippen LogP contribution in [0.15, 0.2) is 36.4 Å². The van der Waals surface area contributed by atoms with Crippen LogP contribution < -0.4 is 11.5 Å². The second-order valence-corrected chi connectivity index (χ2v) is 7.75. The molecule has 16 heteroatoms. The van der Waals surface area contributed by atoms with Gasteiger partial charge in [-0.1, -0.05) is 0 Å². The number of halogens is 12. The van der Waals surface area contributed by atoms with Gasteiger partial charge in [0.05, 0.1) is 11.4 Å². The van der Waals surface area contributed by atoms with Gasteiger partial charge in [0.2, 0.25) is 0 Å². The number of benzene rings is 2. The standard InChI is InChI=1S/C20H16F12N2O2/c21-15(22,19(29,30)17(25,26)9-1-3-13(35)11(33)7-9)5-6-16(23,24)20(31,32)18(27,28)10-2-4-14(36)12(34)8-10/h1-4,7-8,35-36H,5-6,33-34H2. The SMILES string of the molecule is Nc1cc(C(F)(F)C(F)(F)C(F)(F)CCC(F)(F)C(F)(F)C(F)(F)c2ccc(O)c(N)c2)ccc1O. The van der Waals surface area contributed by atoms with Gasteiger partial charge in [-0.2, -0.15) is 52.7 Å². The topological polar surface area (TPSA) is 92.5 Å². The third-order valence-electron chi connectivity index (χ3n) is 5.24. The van der Waals surface area contributed by atoms with Crippen molar-refractivity contribution in [2.24, 2.45) is 0 Å². The molecule has 0 heterocycles. The molecule has 0 bridgehead atoms. The molecule has 0 aliphatic rings. The van der Waals surface area contributed by atoms with E-state index in [4.69, 9.17) is 21.7 Å². The highest BCUT2D eigenvalue weighted by atomic mass is 19.4. The number of nitrogens with two attached hydrogens (primary N) is 2. The smallest absolute Gasteiger partial charge is 0.376 e. The van der Waals surface area contributed by atoms with E-state index in [9.17, 15) is 52.7 Å². The van der Waals surface area contributed by atoms with Crippen molar-refractivity contribution >= 4 is 11.4 Å². The molecule has 2 aromatic carbocycles. The fraction of sp³-hybridized carbons (Fsp3) is 0.400. The second-order valence-electron chi connectivity index (χ2n) is 7.75. The summed E-state index contributed by atoms with van der Waals surface area (Å²) in [5, 5.41) is 18.3. The van der Waals surface area contributed by atoms with Crippen molar-refractivity contribution in [2.45, 2.75) is 48.4 Å². The molecule has 0 unspecified atom stereocenters. The van der Waals surface area contributed by atoms with Gasteiger partial charge in [0, 0.05) is 24.0 Å². The van der Waals surface area contributed by atoms with E-state index in [0.29, 0.717) is 12.1 Å². The quantitative estimate of drug-likeness (QED) is 0.166. The van der Waals surface area contributed by atoms with Crippen LogP contribution in [-0.2, 0) is 11.8 Å². The molecule has 0 spiro atoms.